The normalized spacial score (nSPS) is 24.8. The van der Waals surface area contributed by atoms with Crippen molar-refractivity contribution < 1.29 is 4.74 Å². The minimum atomic E-state index is -0.101. The second-order valence-electron chi connectivity index (χ2n) is 5.26. The van der Waals surface area contributed by atoms with Gasteiger partial charge in [0.05, 0.1) is 17.4 Å². The van der Waals surface area contributed by atoms with Crippen LogP contribution in [0, 0.1) is 0 Å². The fourth-order valence-electron chi connectivity index (χ4n) is 2.44. The lowest BCUT2D eigenvalue weighted by Gasteiger charge is -2.41. The monoisotopic (exact) mass is 236 g/mol. The van der Waals surface area contributed by atoms with Gasteiger partial charge in [-0.3, -0.25) is 4.90 Å². The average molecular weight is 236 g/mol. The Labute approximate surface area is 102 Å². The Balaban J connectivity index is 2.03. The Bertz CT molecular complexity index is 394. The molecule has 0 spiro atoms. The minimum Gasteiger partial charge on any atom is -0.370 e. The third kappa shape index (κ3) is 3.38. The third-order valence-electron chi connectivity index (χ3n) is 2.76. The molecule has 1 unspecified atom stereocenters. The standard InChI is InChI=1S/C12H20N4O/c1-9-6-16(8-12(2,3)17-9)7-10-4-5-14-11(13)15-10/h4-5,9H,6-8H2,1-3H3,(H2,13,14,15). The van der Waals surface area contributed by atoms with Crippen molar-refractivity contribution in [2.45, 2.75) is 39.0 Å². The molecule has 0 saturated carbocycles. The van der Waals surface area contributed by atoms with Crippen molar-refractivity contribution in [2.75, 3.05) is 18.8 Å². The summed E-state index contributed by atoms with van der Waals surface area (Å²) in [6, 6.07) is 1.91. The van der Waals surface area contributed by atoms with E-state index in [2.05, 4.69) is 35.6 Å². The first-order valence-electron chi connectivity index (χ1n) is 5.92. The maximum atomic E-state index is 5.87. The summed E-state index contributed by atoms with van der Waals surface area (Å²) in [5.41, 5.74) is 6.44. The van der Waals surface area contributed by atoms with E-state index in [0.29, 0.717) is 5.95 Å². The van der Waals surface area contributed by atoms with Crippen LogP contribution in [0.4, 0.5) is 5.95 Å². The van der Waals surface area contributed by atoms with Crippen molar-refractivity contribution in [2.24, 2.45) is 0 Å². The highest BCUT2D eigenvalue weighted by Gasteiger charge is 2.31. The van der Waals surface area contributed by atoms with Gasteiger partial charge in [-0.15, -0.1) is 0 Å². The molecule has 1 aromatic rings. The van der Waals surface area contributed by atoms with Gasteiger partial charge < -0.3 is 10.5 Å². The molecular weight excluding hydrogens is 216 g/mol. The van der Waals surface area contributed by atoms with Crippen LogP contribution in [0.1, 0.15) is 26.5 Å². The van der Waals surface area contributed by atoms with Gasteiger partial charge >= 0.3 is 0 Å². The van der Waals surface area contributed by atoms with Gasteiger partial charge in [0, 0.05) is 25.8 Å². The lowest BCUT2D eigenvalue weighted by Crippen LogP contribution is -2.51. The Morgan fingerprint density at radius 1 is 1.59 bits per heavy atom. The van der Waals surface area contributed by atoms with Gasteiger partial charge in [-0.25, -0.2) is 9.97 Å². The van der Waals surface area contributed by atoms with Crippen LogP contribution in [-0.2, 0) is 11.3 Å². The number of nitrogen functional groups attached to an aromatic ring is 1. The van der Waals surface area contributed by atoms with Crippen molar-refractivity contribution in [1.29, 1.82) is 0 Å². The first-order valence-corrected chi connectivity index (χ1v) is 5.92. The Hall–Kier alpha value is -1.20. The Morgan fingerprint density at radius 3 is 3.00 bits per heavy atom. The van der Waals surface area contributed by atoms with E-state index in [0.717, 1.165) is 25.3 Å². The van der Waals surface area contributed by atoms with Crippen LogP contribution in [0.15, 0.2) is 12.3 Å². The number of nitrogens with zero attached hydrogens (tertiary/aromatic N) is 3. The fraction of sp³-hybridized carbons (Fsp3) is 0.667. The van der Waals surface area contributed by atoms with Crippen LogP contribution < -0.4 is 5.73 Å². The van der Waals surface area contributed by atoms with Crippen LogP contribution in [0.25, 0.3) is 0 Å². The highest BCUT2D eigenvalue weighted by molar-refractivity contribution is 5.17. The lowest BCUT2D eigenvalue weighted by atomic mass is 10.1. The summed E-state index contributed by atoms with van der Waals surface area (Å²) in [5, 5.41) is 0. The predicted molar refractivity (Wildman–Crippen MR) is 66.3 cm³/mol. The van der Waals surface area contributed by atoms with Gasteiger partial charge in [-0.2, -0.15) is 0 Å². The molecule has 0 aliphatic carbocycles. The number of nitrogens with two attached hydrogens (primary N) is 1. The zero-order valence-corrected chi connectivity index (χ0v) is 10.7. The van der Waals surface area contributed by atoms with Crippen molar-refractivity contribution in [3.63, 3.8) is 0 Å². The molecule has 17 heavy (non-hydrogen) atoms. The number of rotatable bonds is 2. The van der Waals surface area contributed by atoms with Gasteiger partial charge in [0.1, 0.15) is 0 Å². The molecule has 1 aliphatic heterocycles. The summed E-state index contributed by atoms with van der Waals surface area (Å²) in [4.78, 5) is 10.5. The van der Waals surface area contributed by atoms with Gasteiger partial charge in [0.2, 0.25) is 5.95 Å². The van der Waals surface area contributed by atoms with Crippen molar-refractivity contribution in [1.82, 2.24) is 14.9 Å². The third-order valence-corrected chi connectivity index (χ3v) is 2.76. The molecule has 1 fully saturated rings. The topological polar surface area (TPSA) is 64.3 Å². The number of hydrogen-bond acceptors (Lipinski definition) is 5. The van der Waals surface area contributed by atoms with Crippen LogP contribution in [0.2, 0.25) is 0 Å². The predicted octanol–water partition coefficient (Wildman–Crippen LogP) is 1.06. The van der Waals surface area contributed by atoms with Crippen LogP contribution in [-0.4, -0.2) is 39.7 Å². The Kier molecular flexibility index (Phi) is 3.31. The SMILES string of the molecule is CC1CN(Cc2ccnc(N)n2)CC(C)(C)O1. The molecule has 2 rings (SSSR count). The van der Waals surface area contributed by atoms with Crippen molar-refractivity contribution >= 4 is 5.95 Å². The highest BCUT2D eigenvalue weighted by atomic mass is 16.5. The van der Waals surface area contributed by atoms with Gasteiger partial charge in [0.25, 0.3) is 0 Å². The van der Waals surface area contributed by atoms with Crippen LogP contribution in [0.3, 0.4) is 0 Å². The van der Waals surface area contributed by atoms with Gasteiger partial charge in [-0.05, 0) is 26.8 Å². The van der Waals surface area contributed by atoms with Gasteiger partial charge in [-0.1, -0.05) is 0 Å². The molecule has 1 aromatic heterocycles. The van der Waals surface area contributed by atoms with Crippen molar-refractivity contribution in [3.05, 3.63) is 18.0 Å². The molecule has 2 N–H and O–H groups in total. The zero-order valence-electron chi connectivity index (χ0n) is 10.7. The first kappa shape index (κ1) is 12.3. The molecular formula is C12H20N4O. The molecule has 2 heterocycles. The Morgan fingerprint density at radius 2 is 2.35 bits per heavy atom. The number of anilines is 1. The van der Waals surface area contributed by atoms with E-state index < -0.39 is 0 Å². The lowest BCUT2D eigenvalue weighted by molar-refractivity contribution is -0.130. The number of hydrogen-bond donors (Lipinski definition) is 1. The second kappa shape index (κ2) is 4.58. The molecule has 0 radical (unpaired) electrons. The molecule has 1 atom stereocenters. The summed E-state index contributed by atoms with van der Waals surface area (Å²) in [6.45, 7) is 8.95. The summed E-state index contributed by atoms with van der Waals surface area (Å²) in [7, 11) is 0. The maximum absolute atomic E-state index is 5.87. The summed E-state index contributed by atoms with van der Waals surface area (Å²) < 4.78 is 5.87. The van der Waals surface area contributed by atoms with E-state index in [1.165, 1.54) is 0 Å². The molecule has 5 nitrogen and oxygen atoms in total. The molecule has 1 saturated heterocycles. The quantitative estimate of drug-likeness (QED) is 0.831. The zero-order chi connectivity index (χ0) is 12.5. The average Bonchev–Trinajstić information content (AvgIpc) is 2.13. The van der Waals surface area contributed by atoms with E-state index in [1.807, 2.05) is 6.07 Å². The first-order chi connectivity index (χ1) is 7.94. The molecule has 94 valence electrons. The largest absolute Gasteiger partial charge is 0.370 e. The highest BCUT2D eigenvalue weighted by Crippen LogP contribution is 2.21. The van der Waals surface area contributed by atoms with E-state index in [9.17, 15) is 0 Å². The number of morpholine rings is 1. The summed E-state index contributed by atoms with van der Waals surface area (Å²) in [5.74, 6) is 0.336. The van der Waals surface area contributed by atoms with Crippen LogP contribution in [0.5, 0.6) is 0 Å². The summed E-state index contributed by atoms with van der Waals surface area (Å²) in [6.07, 6.45) is 1.95. The van der Waals surface area contributed by atoms with Gasteiger partial charge in [0.15, 0.2) is 0 Å². The molecule has 0 amide bonds. The fourth-order valence-corrected chi connectivity index (χ4v) is 2.44. The van der Waals surface area contributed by atoms with E-state index in [4.69, 9.17) is 10.5 Å². The van der Waals surface area contributed by atoms with Crippen molar-refractivity contribution in [3.8, 4) is 0 Å². The molecule has 0 aromatic carbocycles. The van der Waals surface area contributed by atoms with Crippen LogP contribution >= 0.6 is 0 Å². The number of ether oxygens (including phenoxy) is 1. The minimum absolute atomic E-state index is 0.101. The number of aromatic nitrogens is 2. The second-order valence-corrected chi connectivity index (χ2v) is 5.26. The molecule has 5 heteroatoms. The van der Waals surface area contributed by atoms with E-state index in [1.54, 1.807) is 6.20 Å². The smallest absolute Gasteiger partial charge is 0.220 e. The maximum Gasteiger partial charge on any atom is 0.220 e. The molecule has 1 aliphatic rings. The molecule has 0 bridgehead atoms. The van der Waals surface area contributed by atoms with E-state index >= 15 is 0 Å². The van der Waals surface area contributed by atoms with E-state index in [-0.39, 0.29) is 11.7 Å². The summed E-state index contributed by atoms with van der Waals surface area (Å²) >= 11 is 0.